The van der Waals surface area contributed by atoms with Gasteiger partial charge in [0.1, 0.15) is 18.4 Å². The molecule has 1 atom stereocenters. The second-order valence-electron chi connectivity index (χ2n) is 7.98. The van der Waals surface area contributed by atoms with Crippen LogP contribution in [-0.2, 0) is 22.6 Å². The van der Waals surface area contributed by atoms with Gasteiger partial charge < -0.3 is 20.9 Å². The van der Waals surface area contributed by atoms with Gasteiger partial charge in [0, 0.05) is 12.3 Å². The van der Waals surface area contributed by atoms with Crippen LogP contribution in [0.4, 0.5) is 0 Å². The van der Waals surface area contributed by atoms with Crippen molar-refractivity contribution in [1.82, 2.24) is 5.32 Å². The number of carboxylic acid groups (broad SMARTS) is 1. The minimum absolute atomic E-state index is 0.129. The number of rotatable bonds is 9. The summed E-state index contributed by atoms with van der Waals surface area (Å²) in [5.41, 5.74) is 7.57. The molecular weight excluding hydrogens is 380 g/mol. The summed E-state index contributed by atoms with van der Waals surface area (Å²) in [7, 11) is 0. The molecule has 30 heavy (non-hydrogen) atoms. The fraction of sp³-hybridized carbons (Fsp3) is 0.417. The predicted octanol–water partition coefficient (Wildman–Crippen LogP) is 3.14. The normalized spacial score (nSPS) is 19.6. The summed E-state index contributed by atoms with van der Waals surface area (Å²) in [5.74, 6) is -0.186. The topological polar surface area (TPSA) is 102 Å². The van der Waals surface area contributed by atoms with Crippen molar-refractivity contribution < 1.29 is 19.4 Å². The number of nitrogens with two attached hydrogens (primary N) is 1. The fourth-order valence-corrected chi connectivity index (χ4v) is 3.89. The minimum Gasteiger partial charge on any atom is -0.489 e. The third-order valence-electron chi connectivity index (χ3n) is 5.75. The Kier molecular flexibility index (Phi) is 7.85. The van der Waals surface area contributed by atoms with Gasteiger partial charge >= 0.3 is 5.97 Å². The van der Waals surface area contributed by atoms with Crippen molar-refractivity contribution in [3.63, 3.8) is 0 Å². The van der Waals surface area contributed by atoms with E-state index in [0.717, 1.165) is 36.8 Å². The summed E-state index contributed by atoms with van der Waals surface area (Å²) in [6, 6.07) is 16.2. The van der Waals surface area contributed by atoms with Crippen LogP contribution in [0.3, 0.4) is 0 Å². The third kappa shape index (κ3) is 6.32. The Hall–Kier alpha value is -2.86. The van der Waals surface area contributed by atoms with Crippen LogP contribution < -0.4 is 15.8 Å². The Balaban J connectivity index is 1.57. The lowest BCUT2D eigenvalue weighted by atomic mass is 9.81. The highest BCUT2D eigenvalue weighted by molar-refractivity contribution is 5.85. The molecule has 0 spiro atoms. The molecule has 1 aliphatic carbocycles. The van der Waals surface area contributed by atoms with Gasteiger partial charge in [-0.25, -0.2) is 4.79 Å². The first-order valence-electron chi connectivity index (χ1n) is 10.5. The summed E-state index contributed by atoms with van der Waals surface area (Å²) >= 11 is 0. The number of ether oxygens (including phenoxy) is 1. The van der Waals surface area contributed by atoms with Crippen LogP contribution in [0, 0.1) is 11.8 Å². The summed E-state index contributed by atoms with van der Waals surface area (Å²) < 4.78 is 5.83. The van der Waals surface area contributed by atoms with Crippen molar-refractivity contribution in [2.24, 2.45) is 17.6 Å². The maximum atomic E-state index is 12.6. The Labute approximate surface area is 177 Å². The molecule has 0 aromatic heterocycles. The second kappa shape index (κ2) is 10.8. The zero-order chi connectivity index (χ0) is 21.3. The molecule has 0 aliphatic heterocycles. The molecule has 6 heteroatoms. The monoisotopic (exact) mass is 410 g/mol. The molecule has 0 saturated heterocycles. The molecule has 2 aromatic rings. The minimum atomic E-state index is -1.03. The van der Waals surface area contributed by atoms with E-state index in [1.54, 1.807) is 0 Å². The molecule has 1 unspecified atom stereocenters. The van der Waals surface area contributed by atoms with Crippen LogP contribution in [0.1, 0.15) is 36.8 Å². The van der Waals surface area contributed by atoms with Gasteiger partial charge in [0.05, 0.1) is 0 Å². The molecule has 4 N–H and O–H groups in total. The van der Waals surface area contributed by atoms with E-state index in [1.165, 1.54) is 0 Å². The van der Waals surface area contributed by atoms with Crippen LogP contribution in [0.15, 0.2) is 54.6 Å². The number of hydrogen-bond donors (Lipinski definition) is 3. The Morgan fingerprint density at radius 1 is 1.03 bits per heavy atom. The van der Waals surface area contributed by atoms with E-state index >= 15 is 0 Å². The standard InChI is InChI=1S/C24H30N2O4/c25-15-17-9-11-20(12-10-17)23(27)26-22(24(28)29)14-19-7-4-8-21(13-19)30-16-18-5-2-1-3-6-18/h1-8,13,17,20,22H,9-12,14-16,25H2,(H,26,27)(H,28,29). The lowest BCUT2D eigenvalue weighted by molar-refractivity contribution is -0.142. The lowest BCUT2D eigenvalue weighted by Crippen LogP contribution is -2.45. The second-order valence-corrected chi connectivity index (χ2v) is 7.98. The number of amides is 1. The molecule has 1 saturated carbocycles. The van der Waals surface area contributed by atoms with E-state index in [4.69, 9.17) is 10.5 Å². The number of aliphatic carboxylic acids is 1. The van der Waals surface area contributed by atoms with Crippen molar-refractivity contribution in [3.05, 3.63) is 65.7 Å². The highest BCUT2D eigenvalue weighted by Gasteiger charge is 2.29. The van der Waals surface area contributed by atoms with Gasteiger partial charge in [-0.2, -0.15) is 0 Å². The van der Waals surface area contributed by atoms with Gasteiger partial charge in [0.2, 0.25) is 5.91 Å². The van der Waals surface area contributed by atoms with Crippen molar-refractivity contribution in [3.8, 4) is 5.75 Å². The van der Waals surface area contributed by atoms with E-state index < -0.39 is 12.0 Å². The van der Waals surface area contributed by atoms with Crippen LogP contribution in [0.2, 0.25) is 0 Å². The summed E-state index contributed by atoms with van der Waals surface area (Å²) in [4.78, 5) is 24.3. The molecule has 1 fully saturated rings. The SMILES string of the molecule is NCC1CCC(C(=O)NC(Cc2cccc(OCc3ccccc3)c2)C(=O)O)CC1. The fourth-order valence-electron chi connectivity index (χ4n) is 3.89. The molecular formula is C24H30N2O4. The Bertz CT molecular complexity index is 832. The molecule has 1 amide bonds. The first-order chi connectivity index (χ1) is 14.5. The average molecular weight is 411 g/mol. The van der Waals surface area contributed by atoms with Crippen LogP contribution >= 0.6 is 0 Å². The molecule has 0 bridgehead atoms. The summed E-state index contributed by atoms with van der Waals surface area (Å²) in [6.07, 6.45) is 3.59. The Morgan fingerprint density at radius 2 is 1.73 bits per heavy atom. The number of nitrogens with one attached hydrogen (secondary N) is 1. The van der Waals surface area contributed by atoms with E-state index in [9.17, 15) is 14.7 Å². The van der Waals surface area contributed by atoms with Crippen molar-refractivity contribution in [2.45, 2.75) is 44.8 Å². The molecule has 160 valence electrons. The third-order valence-corrected chi connectivity index (χ3v) is 5.75. The van der Waals surface area contributed by atoms with E-state index in [-0.39, 0.29) is 18.2 Å². The lowest BCUT2D eigenvalue weighted by Gasteiger charge is -2.27. The van der Waals surface area contributed by atoms with Crippen LogP contribution in [-0.4, -0.2) is 29.6 Å². The number of carboxylic acids is 1. The van der Waals surface area contributed by atoms with E-state index in [2.05, 4.69) is 5.32 Å². The zero-order valence-electron chi connectivity index (χ0n) is 17.1. The Morgan fingerprint density at radius 3 is 2.40 bits per heavy atom. The molecule has 0 heterocycles. The van der Waals surface area contributed by atoms with Gasteiger partial charge in [0.15, 0.2) is 0 Å². The number of carbonyl (C=O) groups excluding carboxylic acids is 1. The van der Waals surface area contributed by atoms with Crippen molar-refractivity contribution in [2.75, 3.05) is 6.54 Å². The highest BCUT2D eigenvalue weighted by Crippen LogP contribution is 2.28. The molecule has 2 aromatic carbocycles. The molecule has 6 nitrogen and oxygen atoms in total. The smallest absolute Gasteiger partial charge is 0.326 e. The summed E-state index contributed by atoms with van der Waals surface area (Å²) in [5, 5.41) is 12.4. The van der Waals surface area contributed by atoms with Crippen molar-refractivity contribution >= 4 is 11.9 Å². The first kappa shape index (κ1) is 21.8. The van der Waals surface area contributed by atoms with E-state index in [1.807, 2.05) is 54.6 Å². The maximum Gasteiger partial charge on any atom is 0.326 e. The predicted molar refractivity (Wildman–Crippen MR) is 115 cm³/mol. The summed E-state index contributed by atoms with van der Waals surface area (Å²) in [6.45, 7) is 1.09. The molecule has 1 aliphatic rings. The number of hydrogen-bond acceptors (Lipinski definition) is 4. The van der Waals surface area contributed by atoms with Gasteiger partial charge in [-0.3, -0.25) is 4.79 Å². The number of benzene rings is 2. The highest BCUT2D eigenvalue weighted by atomic mass is 16.5. The molecule has 3 rings (SSSR count). The van der Waals surface area contributed by atoms with Gasteiger partial charge in [-0.05, 0) is 61.4 Å². The first-order valence-corrected chi connectivity index (χ1v) is 10.5. The largest absolute Gasteiger partial charge is 0.489 e. The van der Waals surface area contributed by atoms with Gasteiger partial charge in [0.25, 0.3) is 0 Å². The quantitative estimate of drug-likeness (QED) is 0.589. The van der Waals surface area contributed by atoms with Gasteiger partial charge in [-0.15, -0.1) is 0 Å². The van der Waals surface area contributed by atoms with E-state index in [0.29, 0.717) is 24.8 Å². The average Bonchev–Trinajstić information content (AvgIpc) is 2.78. The molecule has 0 radical (unpaired) electrons. The van der Waals surface area contributed by atoms with Crippen LogP contribution in [0.5, 0.6) is 5.75 Å². The zero-order valence-corrected chi connectivity index (χ0v) is 17.1. The van der Waals surface area contributed by atoms with Gasteiger partial charge in [-0.1, -0.05) is 42.5 Å². The maximum absolute atomic E-state index is 12.6. The van der Waals surface area contributed by atoms with Crippen molar-refractivity contribution in [1.29, 1.82) is 0 Å². The van der Waals surface area contributed by atoms with Crippen LogP contribution in [0.25, 0.3) is 0 Å². The number of carbonyl (C=O) groups is 2.